The van der Waals surface area contributed by atoms with Gasteiger partial charge in [0.05, 0.1) is 0 Å². The molecule has 2 rings (SSSR count). The minimum atomic E-state index is 0.492. The average Bonchev–Trinajstić information content (AvgIpc) is 2.03. The molecule has 0 atom stereocenters. The van der Waals surface area contributed by atoms with Crippen LogP contribution >= 0.6 is 0 Å². The molecule has 1 aromatic heterocycles. The Morgan fingerprint density at radius 1 is 1.50 bits per heavy atom. The third kappa shape index (κ3) is 1.17. The standard InChI is InChI=1S/C9H9N3/c10-3-9-2-1-7(6-12-9)8-4-11-5-8/h1-2,6,8,11H,4-5H2. The average molecular weight is 159 g/mol. The normalized spacial score (nSPS) is 16.6. The quantitative estimate of drug-likeness (QED) is 0.654. The summed E-state index contributed by atoms with van der Waals surface area (Å²) in [6, 6.07) is 5.76. The monoisotopic (exact) mass is 159 g/mol. The Balaban J connectivity index is 2.19. The van der Waals surface area contributed by atoms with E-state index < -0.39 is 0 Å². The first kappa shape index (κ1) is 7.26. The van der Waals surface area contributed by atoms with Crippen LogP contribution in [0.5, 0.6) is 0 Å². The predicted molar refractivity (Wildman–Crippen MR) is 44.6 cm³/mol. The van der Waals surface area contributed by atoms with Crippen LogP contribution in [0.2, 0.25) is 0 Å². The number of nitrogens with zero attached hydrogens (tertiary/aromatic N) is 2. The molecule has 2 heterocycles. The van der Waals surface area contributed by atoms with E-state index in [9.17, 15) is 0 Å². The zero-order chi connectivity index (χ0) is 8.39. The smallest absolute Gasteiger partial charge is 0.140 e. The van der Waals surface area contributed by atoms with Gasteiger partial charge in [0.25, 0.3) is 0 Å². The Kier molecular flexibility index (Phi) is 1.77. The molecule has 0 unspecified atom stereocenters. The molecule has 0 saturated carbocycles. The van der Waals surface area contributed by atoms with Crippen LogP contribution in [0.1, 0.15) is 17.2 Å². The van der Waals surface area contributed by atoms with E-state index in [0.29, 0.717) is 11.6 Å². The summed E-state index contributed by atoms with van der Waals surface area (Å²) in [6.07, 6.45) is 1.80. The summed E-state index contributed by atoms with van der Waals surface area (Å²) in [5.41, 5.74) is 1.72. The van der Waals surface area contributed by atoms with Crippen molar-refractivity contribution in [3.8, 4) is 6.07 Å². The number of rotatable bonds is 1. The molecule has 1 N–H and O–H groups in total. The number of pyridine rings is 1. The van der Waals surface area contributed by atoms with E-state index in [4.69, 9.17) is 5.26 Å². The summed E-state index contributed by atoms with van der Waals surface area (Å²) in [6.45, 7) is 2.07. The summed E-state index contributed by atoms with van der Waals surface area (Å²) in [4.78, 5) is 4.01. The highest BCUT2D eigenvalue weighted by Gasteiger charge is 2.18. The maximum Gasteiger partial charge on any atom is 0.140 e. The van der Waals surface area contributed by atoms with Gasteiger partial charge in [-0.3, -0.25) is 0 Å². The van der Waals surface area contributed by atoms with Gasteiger partial charge < -0.3 is 5.32 Å². The van der Waals surface area contributed by atoms with Gasteiger partial charge in [-0.1, -0.05) is 6.07 Å². The van der Waals surface area contributed by atoms with E-state index >= 15 is 0 Å². The lowest BCUT2D eigenvalue weighted by atomic mass is 9.95. The molecular formula is C9H9N3. The second-order valence-electron chi connectivity index (χ2n) is 2.94. The lowest BCUT2D eigenvalue weighted by Gasteiger charge is -2.26. The molecule has 0 bridgehead atoms. The molecule has 0 aromatic carbocycles. The summed E-state index contributed by atoms with van der Waals surface area (Å²) < 4.78 is 0. The summed E-state index contributed by atoms with van der Waals surface area (Å²) >= 11 is 0. The van der Waals surface area contributed by atoms with Gasteiger partial charge in [0.1, 0.15) is 11.8 Å². The van der Waals surface area contributed by atoms with E-state index in [2.05, 4.69) is 10.3 Å². The van der Waals surface area contributed by atoms with Gasteiger partial charge in [-0.2, -0.15) is 5.26 Å². The van der Waals surface area contributed by atoms with Crippen molar-refractivity contribution in [2.24, 2.45) is 0 Å². The Hall–Kier alpha value is -1.40. The highest BCUT2D eigenvalue weighted by Crippen LogP contribution is 2.18. The third-order valence-corrected chi connectivity index (χ3v) is 2.15. The molecule has 0 spiro atoms. The van der Waals surface area contributed by atoms with E-state index in [-0.39, 0.29) is 0 Å². The number of nitriles is 1. The van der Waals surface area contributed by atoms with Crippen molar-refractivity contribution in [3.63, 3.8) is 0 Å². The van der Waals surface area contributed by atoms with Gasteiger partial charge in [0.15, 0.2) is 0 Å². The predicted octanol–water partition coefficient (Wildman–Crippen LogP) is 0.640. The Labute approximate surface area is 71.0 Å². The first-order chi connectivity index (χ1) is 5.90. The number of hydrogen-bond donors (Lipinski definition) is 1. The first-order valence-corrected chi connectivity index (χ1v) is 3.97. The molecule has 0 amide bonds. The zero-order valence-corrected chi connectivity index (χ0v) is 6.62. The van der Waals surface area contributed by atoms with Crippen molar-refractivity contribution < 1.29 is 0 Å². The van der Waals surface area contributed by atoms with E-state index in [1.807, 2.05) is 12.1 Å². The number of nitrogens with one attached hydrogen (secondary N) is 1. The molecule has 1 aliphatic heterocycles. The van der Waals surface area contributed by atoms with Gasteiger partial charge in [0, 0.05) is 25.2 Å². The fraction of sp³-hybridized carbons (Fsp3) is 0.333. The van der Waals surface area contributed by atoms with Crippen molar-refractivity contribution in [2.75, 3.05) is 13.1 Å². The SMILES string of the molecule is N#Cc1ccc(C2CNC2)cn1. The molecule has 3 nitrogen and oxygen atoms in total. The molecule has 1 aliphatic rings. The Morgan fingerprint density at radius 2 is 2.33 bits per heavy atom. The van der Waals surface area contributed by atoms with Crippen molar-refractivity contribution >= 4 is 0 Å². The second kappa shape index (κ2) is 2.92. The van der Waals surface area contributed by atoms with Crippen LogP contribution in [-0.2, 0) is 0 Å². The largest absolute Gasteiger partial charge is 0.315 e. The van der Waals surface area contributed by atoms with Crippen LogP contribution in [0.25, 0.3) is 0 Å². The maximum absolute atomic E-state index is 8.51. The van der Waals surface area contributed by atoms with E-state index in [0.717, 1.165) is 13.1 Å². The van der Waals surface area contributed by atoms with Crippen molar-refractivity contribution in [1.29, 1.82) is 5.26 Å². The number of hydrogen-bond acceptors (Lipinski definition) is 3. The number of aromatic nitrogens is 1. The van der Waals surface area contributed by atoms with Crippen molar-refractivity contribution in [2.45, 2.75) is 5.92 Å². The first-order valence-electron chi connectivity index (χ1n) is 3.97. The molecular weight excluding hydrogens is 150 g/mol. The van der Waals surface area contributed by atoms with Gasteiger partial charge in [-0.25, -0.2) is 4.98 Å². The van der Waals surface area contributed by atoms with Crippen molar-refractivity contribution in [1.82, 2.24) is 10.3 Å². The summed E-state index contributed by atoms with van der Waals surface area (Å²) in [5, 5.41) is 11.7. The highest BCUT2D eigenvalue weighted by molar-refractivity contribution is 5.26. The molecule has 0 radical (unpaired) electrons. The highest BCUT2D eigenvalue weighted by atomic mass is 14.9. The van der Waals surface area contributed by atoms with Crippen LogP contribution in [-0.4, -0.2) is 18.1 Å². The minimum Gasteiger partial charge on any atom is -0.315 e. The second-order valence-corrected chi connectivity index (χ2v) is 2.94. The van der Waals surface area contributed by atoms with E-state index in [1.165, 1.54) is 5.56 Å². The molecule has 3 heteroatoms. The summed E-state index contributed by atoms with van der Waals surface area (Å²) in [5.74, 6) is 0.602. The third-order valence-electron chi connectivity index (χ3n) is 2.15. The fourth-order valence-electron chi connectivity index (χ4n) is 1.24. The lowest BCUT2D eigenvalue weighted by molar-refractivity contribution is 0.447. The van der Waals surface area contributed by atoms with Crippen LogP contribution in [0.15, 0.2) is 18.3 Å². The van der Waals surface area contributed by atoms with Crippen LogP contribution < -0.4 is 5.32 Å². The summed E-state index contributed by atoms with van der Waals surface area (Å²) in [7, 11) is 0. The Bertz CT molecular complexity index is 306. The lowest BCUT2D eigenvalue weighted by Crippen LogP contribution is -2.39. The molecule has 1 aromatic rings. The van der Waals surface area contributed by atoms with Gasteiger partial charge in [-0.15, -0.1) is 0 Å². The van der Waals surface area contributed by atoms with Gasteiger partial charge in [-0.05, 0) is 11.6 Å². The van der Waals surface area contributed by atoms with E-state index in [1.54, 1.807) is 12.3 Å². The topological polar surface area (TPSA) is 48.7 Å². The Morgan fingerprint density at radius 3 is 2.75 bits per heavy atom. The molecule has 1 saturated heterocycles. The zero-order valence-electron chi connectivity index (χ0n) is 6.62. The molecule has 12 heavy (non-hydrogen) atoms. The minimum absolute atomic E-state index is 0.492. The van der Waals surface area contributed by atoms with Crippen LogP contribution in [0.3, 0.4) is 0 Å². The fourth-order valence-corrected chi connectivity index (χ4v) is 1.24. The molecule has 60 valence electrons. The molecule has 0 aliphatic carbocycles. The maximum atomic E-state index is 8.51. The van der Waals surface area contributed by atoms with Gasteiger partial charge in [0.2, 0.25) is 0 Å². The molecule has 1 fully saturated rings. The van der Waals surface area contributed by atoms with Crippen LogP contribution in [0, 0.1) is 11.3 Å². The van der Waals surface area contributed by atoms with Crippen molar-refractivity contribution in [3.05, 3.63) is 29.6 Å². The van der Waals surface area contributed by atoms with Gasteiger partial charge >= 0.3 is 0 Å². The van der Waals surface area contributed by atoms with Crippen LogP contribution in [0.4, 0.5) is 0 Å².